The lowest BCUT2D eigenvalue weighted by atomic mass is 9.83. The Morgan fingerprint density at radius 2 is 1.71 bits per heavy atom. The highest BCUT2D eigenvalue weighted by molar-refractivity contribution is 7.91. The number of halogens is 2. The lowest BCUT2D eigenvalue weighted by Gasteiger charge is -2.26. The van der Waals surface area contributed by atoms with Crippen LogP contribution in [0.5, 0.6) is 0 Å². The van der Waals surface area contributed by atoms with E-state index < -0.39 is 15.6 Å². The fraction of sp³-hybridized carbons (Fsp3) is 0.600. The van der Waals surface area contributed by atoms with Gasteiger partial charge in [0.25, 0.3) is 0 Å². The van der Waals surface area contributed by atoms with Crippen molar-refractivity contribution >= 4 is 15.5 Å². The molecule has 0 saturated heterocycles. The maximum Gasteiger partial charge on any atom is 0.341 e. The standard InChI is InChI=1S/C15H21F2NO2S/c1-11-2-4-12(5-3-11)10-18-13-6-8-14(9-7-13)21(19,20)15(16)17/h6-9,11-12,15,18H,2-5,10H2,1H3. The second-order valence-electron chi connectivity index (χ2n) is 5.84. The first-order valence-electron chi connectivity index (χ1n) is 7.25. The highest BCUT2D eigenvalue weighted by Gasteiger charge is 2.26. The van der Waals surface area contributed by atoms with Gasteiger partial charge in [0, 0.05) is 12.2 Å². The van der Waals surface area contributed by atoms with Gasteiger partial charge in [0.15, 0.2) is 0 Å². The lowest BCUT2D eigenvalue weighted by molar-refractivity contribution is 0.234. The number of anilines is 1. The maximum atomic E-state index is 12.4. The van der Waals surface area contributed by atoms with Crippen LogP contribution in [-0.4, -0.2) is 20.7 Å². The van der Waals surface area contributed by atoms with E-state index in [1.165, 1.54) is 37.8 Å². The van der Waals surface area contributed by atoms with Crippen molar-refractivity contribution in [3.05, 3.63) is 24.3 Å². The van der Waals surface area contributed by atoms with Gasteiger partial charge in [0.05, 0.1) is 4.90 Å². The van der Waals surface area contributed by atoms with Crippen molar-refractivity contribution in [2.75, 3.05) is 11.9 Å². The van der Waals surface area contributed by atoms with E-state index in [1.54, 1.807) is 12.1 Å². The molecule has 0 amide bonds. The first kappa shape index (κ1) is 16.2. The van der Waals surface area contributed by atoms with Crippen LogP contribution in [0.4, 0.5) is 14.5 Å². The summed E-state index contributed by atoms with van der Waals surface area (Å²) in [6, 6.07) is 5.54. The number of nitrogens with one attached hydrogen (secondary N) is 1. The molecule has 1 fully saturated rings. The van der Waals surface area contributed by atoms with Gasteiger partial charge in [-0.3, -0.25) is 0 Å². The summed E-state index contributed by atoms with van der Waals surface area (Å²) >= 11 is 0. The molecule has 1 aromatic carbocycles. The van der Waals surface area contributed by atoms with Crippen molar-refractivity contribution in [1.29, 1.82) is 0 Å². The highest BCUT2D eigenvalue weighted by atomic mass is 32.2. The monoisotopic (exact) mass is 317 g/mol. The molecule has 0 aliphatic heterocycles. The Morgan fingerprint density at radius 1 is 1.14 bits per heavy atom. The first-order valence-corrected chi connectivity index (χ1v) is 8.80. The van der Waals surface area contributed by atoms with E-state index in [-0.39, 0.29) is 4.90 Å². The van der Waals surface area contributed by atoms with Crippen molar-refractivity contribution in [2.24, 2.45) is 11.8 Å². The van der Waals surface area contributed by atoms with Crippen LogP contribution in [0.2, 0.25) is 0 Å². The van der Waals surface area contributed by atoms with Gasteiger partial charge in [-0.1, -0.05) is 19.8 Å². The van der Waals surface area contributed by atoms with Crippen molar-refractivity contribution in [1.82, 2.24) is 0 Å². The lowest BCUT2D eigenvalue weighted by Crippen LogP contribution is -2.20. The summed E-state index contributed by atoms with van der Waals surface area (Å²) in [5, 5.41) is 3.25. The Kier molecular flexibility index (Phi) is 5.19. The molecule has 1 aromatic rings. The zero-order valence-corrected chi connectivity index (χ0v) is 12.9. The van der Waals surface area contributed by atoms with Gasteiger partial charge < -0.3 is 5.32 Å². The van der Waals surface area contributed by atoms with Crippen LogP contribution >= 0.6 is 0 Å². The van der Waals surface area contributed by atoms with Crippen LogP contribution in [-0.2, 0) is 9.84 Å². The number of rotatable bonds is 5. The SMILES string of the molecule is CC1CCC(CNc2ccc(S(=O)(=O)C(F)F)cc2)CC1. The average Bonchev–Trinajstić information content (AvgIpc) is 2.47. The van der Waals surface area contributed by atoms with Crippen LogP contribution in [0.25, 0.3) is 0 Å². The van der Waals surface area contributed by atoms with Gasteiger partial charge in [-0.05, 0) is 48.9 Å². The van der Waals surface area contributed by atoms with Crippen LogP contribution in [0.1, 0.15) is 32.6 Å². The van der Waals surface area contributed by atoms with E-state index in [1.807, 2.05) is 0 Å². The van der Waals surface area contributed by atoms with Crippen molar-refractivity contribution < 1.29 is 17.2 Å². The minimum absolute atomic E-state index is 0.338. The highest BCUT2D eigenvalue weighted by Crippen LogP contribution is 2.28. The van der Waals surface area contributed by atoms with Crippen molar-refractivity contribution in [2.45, 2.75) is 43.3 Å². The third-order valence-corrected chi connectivity index (χ3v) is 5.55. The summed E-state index contributed by atoms with van der Waals surface area (Å²) in [6.45, 7) is 3.11. The smallest absolute Gasteiger partial charge is 0.341 e. The van der Waals surface area contributed by atoms with Crippen LogP contribution in [0.15, 0.2) is 29.2 Å². The number of benzene rings is 1. The molecule has 3 nitrogen and oxygen atoms in total. The number of sulfone groups is 1. The van der Waals surface area contributed by atoms with Gasteiger partial charge in [-0.15, -0.1) is 0 Å². The van der Waals surface area contributed by atoms with E-state index in [9.17, 15) is 17.2 Å². The van der Waals surface area contributed by atoms with E-state index >= 15 is 0 Å². The predicted molar refractivity (Wildman–Crippen MR) is 79.2 cm³/mol. The second kappa shape index (κ2) is 6.73. The molecule has 0 bridgehead atoms. The third-order valence-electron chi connectivity index (χ3n) is 4.15. The van der Waals surface area contributed by atoms with E-state index in [0.29, 0.717) is 5.92 Å². The molecule has 1 saturated carbocycles. The first-order chi connectivity index (χ1) is 9.89. The van der Waals surface area contributed by atoms with E-state index in [2.05, 4.69) is 12.2 Å². The summed E-state index contributed by atoms with van der Waals surface area (Å²) in [7, 11) is -4.50. The summed E-state index contributed by atoms with van der Waals surface area (Å²) in [5.74, 6) is -1.94. The van der Waals surface area contributed by atoms with E-state index in [0.717, 1.165) is 18.2 Å². The van der Waals surface area contributed by atoms with Gasteiger partial charge in [-0.25, -0.2) is 8.42 Å². The quantitative estimate of drug-likeness (QED) is 0.895. The molecule has 0 spiro atoms. The fourth-order valence-electron chi connectivity index (χ4n) is 2.66. The van der Waals surface area contributed by atoms with Gasteiger partial charge in [0.2, 0.25) is 9.84 Å². The van der Waals surface area contributed by atoms with Crippen LogP contribution < -0.4 is 5.32 Å². The molecule has 6 heteroatoms. The summed E-state index contributed by atoms with van der Waals surface area (Å²) in [5.41, 5.74) is 0.766. The zero-order chi connectivity index (χ0) is 15.5. The largest absolute Gasteiger partial charge is 0.385 e. The number of hydrogen-bond acceptors (Lipinski definition) is 3. The van der Waals surface area contributed by atoms with Crippen LogP contribution in [0.3, 0.4) is 0 Å². The van der Waals surface area contributed by atoms with Crippen LogP contribution in [0, 0.1) is 11.8 Å². The minimum Gasteiger partial charge on any atom is -0.385 e. The Morgan fingerprint density at radius 3 is 2.24 bits per heavy atom. The Labute approximate surface area is 124 Å². The minimum atomic E-state index is -4.50. The number of hydrogen-bond donors (Lipinski definition) is 1. The Bertz CT molecular complexity index is 550. The molecule has 2 rings (SSSR count). The zero-order valence-electron chi connectivity index (χ0n) is 12.1. The fourth-order valence-corrected chi connectivity index (χ4v) is 3.38. The molecule has 0 aromatic heterocycles. The summed E-state index contributed by atoms with van der Waals surface area (Å²) < 4.78 is 47.5. The van der Waals surface area contributed by atoms with Crippen molar-refractivity contribution in [3.63, 3.8) is 0 Å². The second-order valence-corrected chi connectivity index (χ2v) is 7.75. The molecule has 1 aliphatic carbocycles. The molecule has 0 heterocycles. The molecule has 0 unspecified atom stereocenters. The van der Waals surface area contributed by atoms with Crippen molar-refractivity contribution in [3.8, 4) is 0 Å². The average molecular weight is 317 g/mol. The molecule has 1 aliphatic rings. The molecule has 0 radical (unpaired) electrons. The Hall–Kier alpha value is -1.17. The number of alkyl halides is 2. The molecule has 21 heavy (non-hydrogen) atoms. The third kappa shape index (κ3) is 4.15. The van der Waals surface area contributed by atoms with E-state index in [4.69, 9.17) is 0 Å². The van der Waals surface area contributed by atoms with Gasteiger partial charge in [0.1, 0.15) is 0 Å². The molecule has 1 N–H and O–H groups in total. The normalized spacial score (nSPS) is 23.2. The predicted octanol–water partition coefficient (Wildman–Crippen LogP) is 3.92. The summed E-state index contributed by atoms with van der Waals surface area (Å²) in [6.07, 6.45) is 4.90. The molecule has 118 valence electrons. The maximum absolute atomic E-state index is 12.4. The Balaban J connectivity index is 1.91. The van der Waals surface area contributed by atoms with Gasteiger partial charge >= 0.3 is 5.76 Å². The molecule has 0 atom stereocenters. The topological polar surface area (TPSA) is 46.2 Å². The summed E-state index contributed by atoms with van der Waals surface area (Å²) in [4.78, 5) is -0.338. The molecular weight excluding hydrogens is 296 g/mol. The van der Waals surface area contributed by atoms with Gasteiger partial charge in [-0.2, -0.15) is 8.78 Å². The molecular formula is C15H21F2NO2S.